The number of aryl methyl sites for hydroxylation is 1. The van der Waals surface area contributed by atoms with E-state index in [0.717, 1.165) is 38.5 Å². The molecule has 3 aliphatic rings. The molecule has 4 aromatic carbocycles. The Morgan fingerprint density at radius 2 is 1.61 bits per heavy atom. The predicted octanol–water partition coefficient (Wildman–Crippen LogP) is 11.8. The van der Waals surface area contributed by atoms with Crippen molar-refractivity contribution in [3.8, 4) is 5.69 Å². The fourth-order valence-corrected chi connectivity index (χ4v) is 8.76. The van der Waals surface area contributed by atoms with E-state index in [1.54, 1.807) is 0 Å². The number of aromatic nitrogens is 1. The third-order valence-corrected chi connectivity index (χ3v) is 11.2. The largest absolute Gasteiger partial charge is 0.310 e. The van der Waals surface area contributed by atoms with Crippen molar-refractivity contribution >= 4 is 55.6 Å². The van der Waals surface area contributed by atoms with Crippen LogP contribution in [0, 0.1) is 0 Å². The zero-order valence-electron chi connectivity index (χ0n) is 25.9. The third-order valence-electron chi connectivity index (χ3n) is 9.90. The second-order valence-corrected chi connectivity index (χ2v) is 13.9. The van der Waals surface area contributed by atoms with Crippen molar-refractivity contribution in [2.24, 2.45) is 0 Å². The van der Waals surface area contributed by atoms with Crippen molar-refractivity contribution in [3.63, 3.8) is 0 Å². The molecule has 46 heavy (non-hydrogen) atoms. The zero-order chi connectivity index (χ0) is 30.5. The molecule has 2 heteroatoms. The van der Waals surface area contributed by atoms with E-state index >= 15 is 0 Å². The van der Waals surface area contributed by atoms with E-state index in [1.807, 2.05) is 11.3 Å². The molecule has 0 fully saturated rings. The van der Waals surface area contributed by atoms with Crippen LogP contribution in [-0.2, 0) is 19.3 Å². The standard InChI is InChI=1S/C44H35NS/c1-3-9-32(10-4-1)34-17-21-36(22-18-34)45-41-25-20-35(33-11-5-2-6-12-33)19-23-37(41)39-28-30(15-24-42(39)45)27-31-16-26-44-40(29-31)38-13-7-8-14-43(38)46-44/h1-3,5-9,11-15,17-22,24-25,28-29H,4,10,16,23,26-27H2. The summed E-state index contributed by atoms with van der Waals surface area (Å²) >= 11 is 1.97. The van der Waals surface area contributed by atoms with Crippen molar-refractivity contribution in [3.05, 3.63) is 171 Å². The summed E-state index contributed by atoms with van der Waals surface area (Å²) in [5, 5.41) is 2.78. The molecule has 1 nitrogen and oxygen atoms in total. The van der Waals surface area contributed by atoms with Crippen LogP contribution in [0.1, 0.15) is 57.7 Å². The zero-order valence-corrected chi connectivity index (χ0v) is 26.7. The van der Waals surface area contributed by atoms with E-state index in [9.17, 15) is 0 Å². The summed E-state index contributed by atoms with van der Waals surface area (Å²) in [6.07, 6.45) is 22.7. The monoisotopic (exact) mass is 609 g/mol. The van der Waals surface area contributed by atoms with E-state index in [0.29, 0.717) is 0 Å². The molecular weight excluding hydrogens is 575 g/mol. The summed E-state index contributed by atoms with van der Waals surface area (Å²) in [5.41, 5.74) is 14.9. The van der Waals surface area contributed by atoms with Gasteiger partial charge in [-0.25, -0.2) is 0 Å². The number of thiophene rings is 1. The number of benzene rings is 4. The normalized spacial score (nSPS) is 15.7. The fourth-order valence-electron chi connectivity index (χ4n) is 7.57. The average Bonchev–Trinajstić information content (AvgIpc) is 3.54. The topological polar surface area (TPSA) is 4.93 Å². The van der Waals surface area contributed by atoms with Crippen LogP contribution < -0.4 is 0 Å². The van der Waals surface area contributed by atoms with E-state index in [2.05, 4.69) is 144 Å². The number of hydrogen-bond acceptors (Lipinski definition) is 1. The number of hydrogen-bond donors (Lipinski definition) is 0. The molecule has 0 unspecified atom stereocenters. The van der Waals surface area contributed by atoms with Crippen LogP contribution in [0.3, 0.4) is 0 Å². The summed E-state index contributed by atoms with van der Waals surface area (Å²) in [5.74, 6) is 0. The van der Waals surface area contributed by atoms with Gasteiger partial charge in [-0.1, -0.05) is 109 Å². The molecule has 0 saturated heterocycles. The Morgan fingerprint density at radius 3 is 2.48 bits per heavy atom. The van der Waals surface area contributed by atoms with Crippen molar-refractivity contribution in [1.29, 1.82) is 0 Å². The summed E-state index contributed by atoms with van der Waals surface area (Å²) < 4.78 is 3.89. The molecule has 2 heterocycles. The van der Waals surface area contributed by atoms with Gasteiger partial charge in [0.15, 0.2) is 0 Å². The number of rotatable bonds is 5. The first-order valence-electron chi connectivity index (χ1n) is 16.5. The van der Waals surface area contributed by atoms with Gasteiger partial charge in [-0.2, -0.15) is 0 Å². The Kier molecular flexibility index (Phi) is 6.83. The lowest BCUT2D eigenvalue weighted by atomic mass is 9.91. The number of nitrogens with zero attached hydrogens (tertiary/aromatic N) is 1. The fraction of sp³-hybridized carbons (Fsp3) is 0.136. The minimum absolute atomic E-state index is 0.907. The summed E-state index contributed by atoms with van der Waals surface area (Å²) in [7, 11) is 0. The Balaban J connectivity index is 1.13. The molecule has 0 amide bonds. The highest BCUT2D eigenvalue weighted by Gasteiger charge is 2.21. The first kappa shape index (κ1) is 27.4. The third kappa shape index (κ3) is 4.85. The van der Waals surface area contributed by atoms with Crippen LogP contribution in [0.5, 0.6) is 0 Å². The summed E-state index contributed by atoms with van der Waals surface area (Å²) in [4.78, 5) is 1.54. The first-order chi connectivity index (χ1) is 22.8. The van der Waals surface area contributed by atoms with E-state index in [4.69, 9.17) is 0 Å². The van der Waals surface area contributed by atoms with Crippen molar-refractivity contribution in [1.82, 2.24) is 4.57 Å². The molecule has 0 aliphatic heterocycles. The molecule has 0 atom stereocenters. The van der Waals surface area contributed by atoms with Gasteiger partial charge in [0.2, 0.25) is 0 Å². The molecule has 0 radical (unpaired) electrons. The molecule has 0 saturated carbocycles. The van der Waals surface area contributed by atoms with E-state index < -0.39 is 0 Å². The van der Waals surface area contributed by atoms with Gasteiger partial charge in [-0.05, 0) is 119 Å². The van der Waals surface area contributed by atoms with Crippen molar-refractivity contribution in [2.45, 2.75) is 38.5 Å². The second kappa shape index (κ2) is 11.5. The Hall–Kier alpha value is -4.92. The minimum Gasteiger partial charge on any atom is -0.310 e. The summed E-state index contributed by atoms with van der Waals surface area (Å²) in [6, 6.07) is 36.1. The van der Waals surface area contributed by atoms with Crippen LogP contribution in [0.15, 0.2) is 133 Å². The maximum atomic E-state index is 2.49. The van der Waals surface area contributed by atoms with Gasteiger partial charge in [0, 0.05) is 20.7 Å². The van der Waals surface area contributed by atoms with E-state index in [-0.39, 0.29) is 0 Å². The Morgan fingerprint density at radius 1 is 0.739 bits per heavy atom. The highest BCUT2D eigenvalue weighted by atomic mass is 32.1. The van der Waals surface area contributed by atoms with Gasteiger partial charge in [0.1, 0.15) is 0 Å². The van der Waals surface area contributed by atoms with Gasteiger partial charge in [0.05, 0.1) is 11.2 Å². The van der Waals surface area contributed by atoms with Crippen LogP contribution in [0.2, 0.25) is 0 Å². The smallest absolute Gasteiger partial charge is 0.0537 e. The lowest BCUT2D eigenvalue weighted by molar-refractivity contribution is 0.906. The molecule has 2 aromatic heterocycles. The Bertz CT molecular complexity index is 2280. The quantitative estimate of drug-likeness (QED) is 0.183. The van der Waals surface area contributed by atoms with Crippen LogP contribution in [-0.4, -0.2) is 4.57 Å². The number of allylic oxidation sites excluding steroid dienone is 8. The lowest BCUT2D eigenvalue weighted by Gasteiger charge is -2.15. The molecule has 0 bridgehead atoms. The molecule has 9 rings (SSSR count). The van der Waals surface area contributed by atoms with Crippen molar-refractivity contribution in [2.75, 3.05) is 0 Å². The SMILES string of the molecule is C1=CCCC(c2ccc(-n3c4c(c5cc(CC6=Cc7c(sc8ccccc78)CC6)ccc53)CC=C(c3ccccc3)C=C4)cc2)=C1. The predicted molar refractivity (Wildman–Crippen MR) is 199 cm³/mol. The second-order valence-electron chi connectivity index (χ2n) is 12.7. The van der Waals surface area contributed by atoms with Gasteiger partial charge in [-0.3, -0.25) is 0 Å². The van der Waals surface area contributed by atoms with Gasteiger partial charge in [-0.15, -0.1) is 11.3 Å². The van der Waals surface area contributed by atoms with Crippen molar-refractivity contribution < 1.29 is 0 Å². The van der Waals surface area contributed by atoms with Gasteiger partial charge in [0.25, 0.3) is 0 Å². The highest BCUT2D eigenvalue weighted by molar-refractivity contribution is 7.19. The first-order valence-corrected chi connectivity index (χ1v) is 17.4. The lowest BCUT2D eigenvalue weighted by Crippen LogP contribution is -2.00. The molecule has 0 spiro atoms. The van der Waals surface area contributed by atoms with E-state index in [1.165, 1.54) is 81.8 Å². The highest BCUT2D eigenvalue weighted by Crippen LogP contribution is 2.39. The maximum absolute atomic E-state index is 2.49. The number of fused-ring (bicyclic) bond motifs is 6. The molecule has 222 valence electrons. The maximum Gasteiger partial charge on any atom is 0.0537 e. The average molecular weight is 610 g/mol. The summed E-state index contributed by atoms with van der Waals surface area (Å²) in [6.45, 7) is 0. The molecule has 3 aliphatic carbocycles. The van der Waals surface area contributed by atoms with Gasteiger partial charge < -0.3 is 4.57 Å². The minimum atomic E-state index is 0.907. The van der Waals surface area contributed by atoms with Crippen LogP contribution in [0.4, 0.5) is 0 Å². The molecule has 0 N–H and O–H groups in total. The molecular formula is C44H35NS. The van der Waals surface area contributed by atoms with Crippen LogP contribution >= 0.6 is 11.3 Å². The Labute approximate surface area is 274 Å². The molecule has 6 aromatic rings. The van der Waals surface area contributed by atoms with Crippen LogP contribution in [0.25, 0.3) is 50.0 Å². The van der Waals surface area contributed by atoms with Gasteiger partial charge >= 0.3 is 0 Å².